The summed E-state index contributed by atoms with van der Waals surface area (Å²) in [5.41, 5.74) is 1.02. The van der Waals surface area contributed by atoms with Crippen molar-refractivity contribution in [3.8, 4) is 11.5 Å². The van der Waals surface area contributed by atoms with Gasteiger partial charge < -0.3 is 25.4 Å². The van der Waals surface area contributed by atoms with E-state index < -0.39 is 0 Å². The second kappa shape index (κ2) is 8.42. The molecule has 0 unspecified atom stereocenters. The Morgan fingerprint density at radius 3 is 2.80 bits per heavy atom. The predicted octanol–water partition coefficient (Wildman–Crippen LogP) is 1.76. The molecule has 2 aliphatic rings. The Labute approximate surface area is 155 Å². The van der Waals surface area contributed by atoms with E-state index in [4.69, 9.17) is 9.47 Å². The minimum Gasteiger partial charge on any atom is -0.454 e. The topological polar surface area (TPSA) is 84.0 Å². The molecule has 0 atom stereocenters. The van der Waals surface area contributed by atoms with Crippen molar-refractivity contribution in [2.24, 2.45) is 10.9 Å². The summed E-state index contributed by atoms with van der Waals surface area (Å²) in [4.78, 5) is 16.2. The molecule has 0 radical (unpaired) electrons. The van der Waals surface area contributed by atoms with Crippen molar-refractivity contribution in [3.63, 3.8) is 0 Å². The van der Waals surface area contributed by atoms with E-state index in [0.29, 0.717) is 19.6 Å². The summed E-state index contributed by atoms with van der Waals surface area (Å²) in [5.74, 6) is 2.60. The van der Waals surface area contributed by atoms with Gasteiger partial charge in [-0.3, -0.25) is 4.79 Å². The minimum atomic E-state index is 0.161. The maximum absolute atomic E-state index is 11.6. The van der Waals surface area contributed by atoms with Crippen LogP contribution in [0.25, 0.3) is 0 Å². The fraction of sp³-hybridized carbons (Fsp3) is 0.529. The Bertz CT molecular complexity index is 662. The van der Waals surface area contributed by atoms with Crippen LogP contribution in [0, 0.1) is 5.92 Å². The third-order valence-corrected chi connectivity index (χ3v) is 4.50. The Morgan fingerprint density at radius 1 is 1.24 bits per heavy atom. The number of carbonyl (C=O) groups is 1. The van der Waals surface area contributed by atoms with Crippen LogP contribution in [0.1, 0.15) is 25.3 Å². The molecule has 0 saturated heterocycles. The van der Waals surface area contributed by atoms with Crippen LogP contribution < -0.4 is 25.4 Å². The molecule has 0 aromatic heterocycles. The summed E-state index contributed by atoms with van der Waals surface area (Å²) in [5, 5.41) is 9.36. The van der Waals surface area contributed by atoms with Gasteiger partial charge in [-0.15, -0.1) is 0 Å². The van der Waals surface area contributed by atoms with E-state index in [2.05, 4.69) is 36.9 Å². The number of carbonyl (C=O) groups excluding carboxylic acids is 1. The highest BCUT2D eigenvalue weighted by atomic mass is 79.9. The molecule has 8 heteroatoms. The lowest BCUT2D eigenvalue weighted by Gasteiger charge is -2.12. The van der Waals surface area contributed by atoms with Gasteiger partial charge in [-0.1, -0.05) is 0 Å². The van der Waals surface area contributed by atoms with E-state index in [1.165, 1.54) is 0 Å². The second-order valence-corrected chi connectivity index (χ2v) is 6.85. The van der Waals surface area contributed by atoms with E-state index in [1.807, 2.05) is 19.1 Å². The molecular formula is C17H23BrN4O3. The lowest BCUT2D eigenvalue weighted by Crippen LogP contribution is -2.41. The molecule has 3 N–H and O–H groups in total. The average Bonchev–Trinajstić information content (AvgIpc) is 3.34. The maximum atomic E-state index is 11.6. The molecule has 3 rings (SSSR count). The van der Waals surface area contributed by atoms with Crippen molar-refractivity contribution in [3.05, 3.63) is 22.2 Å². The SMILES string of the molecule is CCNC(=NCc1cc(Br)c2c(c1)OCO2)NCCNC(=O)C1CC1. The van der Waals surface area contributed by atoms with Crippen LogP contribution in [0.15, 0.2) is 21.6 Å². The quantitative estimate of drug-likeness (QED) is 0.362. The zero-order valence-electron chi connectivity index (χ0n) is 14.2. The first-order valence-corrected chi connectivity index (χ1v) is 9.34. The third-order valence-electron chi connectivity index (χ3n) is 3.92. The smallest absolute Gasteiger partial charge is 0.231 e. The van der Waals surface area contributed by atoms with E-state index >= 15 is 0 Å². The summed E-state index contributed by atoms with van der Waals surface area (Å²) in [7, 11) is 0. The lowest BCUT2D eigenvalue weighted by molar-refractivity contribution is -0.122. The van der Waals surface area contributed by atoms with Crippen molar-refractivity contribution in [2.75, 3.05) is 26.4 Å². The second-order valence-electron chi connectivity index (χ2n) is 6.00. The molecule has 1 amide bonds. The van der Waals surface area contributed by atoms with E-state index in [0.717, 1.165) is 46.9 Å². The fourth-order valence-corrected chi connectivity index (χ4v) is 3.08. The molecule has 25 heavy (non-hydrogen) atoms. The number of benzene rings is 1. The van der Waals surface area contributed by atoms with Crippen LogP contribution in [-0.4, -0.2) is 38.3 Å². The van der Waals surface area contributed by atoms with Crippen molar-refractivity contribution < 1.29 is 14.3 Å². The lowest BCUT2D eigenvalue weighted by atomic mass is 10.2. The van der Waals surface area contributed by atoms with Gasteiger partial charge >= 0.3 is 0 Å². The van der Waals surface area contributed by atoms with Gasteiger partial charge in [-0.2, -0.15) is 0 Å². The number of hydrogen-bond donors (Lipinski definition) is 3. The number of nitrogens with one attached hydrogen (secondary N) is 3. The van der Waals surface area contributed by atoms with E-state index in [1.54, 1.807) is 0 Å². The Hall–Kier alpha value is -1.96. The summed E-state index contributed by atoms with van der Waals surface area (Å²) < 4.78 is 11.7. The molecule has 1 saturated carbocycles. The first-order chi connectivity index (χ1) is 12.2. The van der Waals surface area contributed by atoms with E-state index in [-0.39, 0.29) is 18.6 Å². The van der Waals surface area contributed by atoms with Crippen LogP contribution in [0.5, 0.6) is 11.5 Å². The summed E-state index contributed by atoms with van der Waals surface area (Å²) in [6.07, 6.45) is 2.04. The van der Waals surface area contributed by atoms with E-state index in [9.17, 15) is 4.79 Å². The average molecular weight is 411 g/mol. The van der Waals surface area contributed by atoms with Crippen LogP contribution in [0.2, 0.25) is 0 Å². The van der Waals surface area contributed by atoms with Crippen molar-refractivity contribution in [2.45, 2.75) is 26.3 Å². The van der Waals surface area contributed by atoms with Gasteiger partial charge in [0.05, 0.1) is 11.0 Å². The molecule has 0 bridgehead atoms. The standard InChI is InChI=1S/C17H23BrN4O3/c1-2-19-17(21-6-5-20-16(23)12-3-4-12)22-9-11-7-13(18)15-14(8-11)24-10-25-15/h7-8,12H,2-6,9-10H2,1H3,(H,20,23)(H2,19,21,22). The number of amides is 1. The van der Waals surface area contributed by atoms with Gasteiger partial charge in [-0.25, -0.2) is 4.99 Å². The number of aliphatic imine (C=N–C) groups is 1. The molecule has 0 spiro atoms. The molecule has 1 aromatic rings. The molecule has 7 nitrogen and oxygen atoms in total. The van der Waals surface area contributed by atoms with Gasteiger partial charge in [0.25, 0.3) is 0 Å². The molecule has 1 aromatic carbocycles. The molecular weight excluding hydrogens is 388 g/mol. The minimum absolute atomic E-state index is 0.161. The van der Waals surface area contributed by atoms with Crippen LogP contribution >= 0.6 is 15.9 Å². The largest absolute Gasteiger partial charge is 0.454 e. The first-order valence-electron chi connectivity index (χ1n) is 8.55. The van der Waals surface area contributed by atoms with Crippen molar-refractivity contribution in [1.29, 1.82) is 0 Å². The molecule has 1 aliphatic heterocycles. The van der Waals surface area contributed by atoms with Gasteiger partial charge in [0.2, 0.25) is 12.7 Å². The molecule has 1 fully saturated rings. The number of nitrogens with zero attached hydrogens (tertiary/aromatic N) is 1. The van der Waals surface area contributed by atoms with Gasteiger partial charge in [0.15, 0.2) is 17.5 Å². The van der Waals surface area contributed by atoms with Gasteiger partial charge in [0.1, 0.15) is 0 Å². The van der Waals surface area contributed by atoms with Crippen molar-refractivity contribution in [1.82, 2.24) is 16.0 Å². The molecule has 136 valence electrons. The Balaban J connectivity index is 1.51. The zero-order valence-corrected chi connectivity index (χ0v) is 15.8. The number of guanidine groups is 1. The van der Waals surface area contributed by atoms with Gasteiger partial charge in [-0.05, 0) is 53.4 Å². The maximum Gasteiger partial charge on any atom is 0.231 e. The number of hydrogen-bond acceptors (Lipinski definition) is 4. The van der Waals surface area contributed by atoms with Crippen molar-refractivity contribution >= 4 is 27.8 Å². The zero-order chi connectivity index (χ0) is 17.6. The number of halogens is 1. The highest BCUT2D eigenvalue weighted by Crippen LogP contribution is 2.40. The Morgan fingerprint density at radius 2 is 2.04 bits per heavy atom. The summed E-state index contributed by atoms with van der Waals surface area (Å²) >= 11 is 3.49. The number of fused-ring (bicyclic) bond motifs is 1. The number of rotatable bonds is 7. The van der Waals surface area contributed by atoms with Crippen LogP contribution in [0.4, 0.5) is 0 Å². The highest BCUT2D eigenvalue weighted by molar-refractivity contribution is 9.10. The highest BCUT2D eigenvalue weighted by Gasteiger charge is 2.28. The Kier molecular flexibility index (Phi) is 6.01. The summed E-state index contributed by atoms with van der Waals surface area (Å²) in [6, 6.07) is 3.92. The van der Waals surface area contributed by atoms with Crippen LogP contribution in [0.3, 0.4) is 0 Å². The third kappa shape index (κ3) is 5.01. The van der Waals surface area contributed by atoms with Gasteiger partial charge in [0, 0.05) is 25.6 Å². The normalized spacial score (nSPS) is 15.8. The summed E-state index contributed by atoms with van der Waals surface area (Å²) in [6.45, 7) is 4.77. The fourth-order valence-electron chi connectivity index (χ4n) is 2.48. The van der Waals surface area contributed by atoms with Crippen LogP contribution in [-0.2, 0) is 11.3 Å². The predicted molar refractivity (Wildman–Crippen MR) is 98.8 cm³/mol. The first kappa shape index (κ1) is 17.8. The molecule has 1 aliphatic carbocycles. The monoisotopic (exact) mass is 410 g/mol. The molecule has 1 heterocycles. The number of ether oxygens (including phenoxy) is 2.